The summed E-state index contributed by atoms with van der Waals surface area (Å²) in [6, 6.07) is 14.9. The maximum absolute atomic E-state index is 6.25. The minimum atomic E-state index is 0.804. The van der Waals surface area contributed by atoms with Crippen molar-refractivity contribution in [1.29, 1.82) is 0 Å². The quantitative estimate of drug-likeness (QED) is 0.561. The molecule has 0 radical (unpaired) electrons. The van der Waals surface area contributed by atoms with E-state index in [0.717, 1.165) is 31.1 Å². The summed E-state index contributed by atoms with van der Waals surface area (Å²) in [6.45, 7) is 7.75. The topological polar surface area (TPSA) is 3.24 Å². The highest BCUT2D eigenvalue weighted by Gasteiger charge is 2.20. The lowest BCUT2D eigenvalue weighted by Crippen LogP contribution is -2.23. The molecule has 2 aromatic carbocycles. The Morgan fingerprint density at radius 2 is 1.74 bits per heavy atom. The van der Waals surface area contributed by atoms with Crippen molar-refractivity contribution in [2.24, 2.45) is 0 Å². The SMILES string of the molecule is CCN(CC)CC/C=C1\c2ccccc2Sc2ccc(Cl)cc21. The number of hydrogen-bond donors (Lipinski definition) is 0. The molecular formula is C20H22ClNS. The molecule has 3 heteroatoms. The molecule has 0 bridgehead atoms. The minimum absolute atomic E-state index is 0.804. The lowest BCUT2D eigenvalue weighted by Gasteiger charge is -2.23. The summed E-state index contributed by atoms with van der Waals surface area (Å²) in [6.07, 6.45) is 3.44. The molecular weight excluding hydrogens is 322 g/mol. The van der Waals surface area contributed by atoms with E-state index in [-0.39, 0.29) is 0 Å². The molecule has 0 aromatic heterocycles. The smallest absolute Gasteiger partial charge is 0.0412 e. The lowest BCUT2D eigenvalue weighted by molar-refractivity contribution is 0.310. The average molecular weight is 344 g/mol. The number of fused-ring (bicyclic) bond motifs is 2. The van der Waals surface area contributed by atoms with Crippen LogP contribution in [0.4, 0.5) is 0 Å². The molecule has 0 unspecified atom stereocenters. The fourth-order valence-electron chi connectivity index (χ4n) is 2.99. The van der Waals surface area contributed by atoms with E-state index in [1.165, 1.54) is 26.5 Å². The number of halogens is 1. The van der Waals surface area contributed by atoms with Gasteiger partial charge < -0.3 is 4.90 Å². The van der Waals surface area contributed by atoms with Gasteiger partial charge in [0.15, 0.2) is 0 Å². The third kappa shape index (κ3) is 3.65. The van der Waals surface area contributed by atoms with Crippen LogP contribution in [0.5, 0.6) is 0 Å². The number of hydrogen-bond acceptors (Lipinski definition) is 2. The van der Waals surface area contributed by atoms with Gasteiger partial charge in [-0.1, -0.05) is 61.5 Å². The van der Waals surface area contributed by atoms with Gasteiger partial charge in [0.2, 0.25) is 0 Å². The second-order valence-electron chi connectivity index (χ2n) is 5.67. The van der Waals surface area contributed by atoms with E-state index in [9.17, 15) is 0 Å². The fourth-order valence-corrected chi connectivity index (χ4v) is 4.25. The summed E-state index contributed by atoms with van der Waals surface area (Å²) >= 11 is 8.09. The summed E-state index contributed by atoms with van der Waals surface area (Å²) in [5, 5.41) is 0.804. The molecule has 120 valence electrons. The highest BCUT2D eigenvalue weighted by molar-refractivity contribution is 7.99. The Bertz CT molecular complexity index is 719. The zero-order chi connectivity index (χ0) is 16.2. The first-order valence-electron chi connectivity index (χ1n) is 8.22. The molecule has 1 aliphatic rings. The van der Waals surface area contributed by atoms with Crippen molar-refractivity contribution in [1.82, 2.24) is 4.90 Å². The average Bonchev–Trinajstić information content (AvgIpc) is 2.58. The third-order valence-corrected chi connectivity index (χ3v) is 5.70. The fraction of sp³-hybridized carbons (Fsp3) is 0.300. The van der Waals surface area contributed by atoms with E-state index in [1.54, 1.807) is 0 Å². The Morgan fingerprint density at radius 3 is 2.52 bits per heavy atom. The van der Waals surface area contributed by atoms with E-state index in [1.807, 2.05) is 17.8 Å². The Morgan fingerprint density at radius 1 is 1.00 bits per heavy atom. The predicted molar refractivity (Wildman–Crippen MR) is 102 cm³/mol. The van der Waals surface area contributed by atoms with Crippen LogP contribution in [0.2, 0.25) is 5.02 Å². The van der Waals surface area contributed by atoms with Crippen LogP contribution in [0.3, 0.4) is 0 Å². The number of nitrogens with zero attached hydrogens (tertiary/aromatic N) is 1. The first kappa shape index (κ1) is 16.6. The van der Waals surface area contributed by atoms with Crippen molar-refractivity contribution in [3.8, 4) is 0 Å². The van der Waals surface area contributed by atoms with Crippen LogP contribution in [0.25, 0.3) is 5.57 Å². The lowest BCUT2D eigenvalue weighted by atomic mass is 9.96. The van der Waals surface area contributed by atoms with Gasteiger partial charge in [0.1, 0.15) is 0 Å². The predicted octanol–water partition coefficient (Wildman–Crippen LogP) is 5.97. The van der Waals surface area contributed by atoms with Gasteiger partial charge in [-0.15, -0.1) is 0 Å². The first-order chi connectivity index (χ1) is 11.2. The highest BCUT2D eigenvalue weighted by Crippen LogP contribution is 2.46. The van der Waals surface area contributed by atoms with Crippen LogP contribution in [0.15, 0.2) is 58.3 Å². The Hall–Kier alpha value is -1.22. The second kappa shape index (κ2) is 7.57. The summed E-state index contributed by atoms with van der Waals surface area (Å²) in [5.41, 5.74) is 3.91. The molecule has 0 aliphatic carbocycles. The molecule has 0 N–H and O–H groups in total. The van der Waals surface area contributed by atoms with Gasteiger partial charge >= 0.3 is 0 Å². The van der Waals surface area contributed by atoms with Crippen LogP contribution >= 0.6 is 23.4 Å². The maximum atomic E-state index is 6.25. The van der Waals surface area contributed by atoms with Crippen molar-refractivity contribution in [2.45, 2.75) is 30.1 Å². The van der Waals surface area contributed by atoms with Crippen molar-refractivity contribution in [3.63, 3.8) is 0 Å². The highest BCUT2D eigenvalue weighted by atomic mass is 35.5. The Kier molecular flexibility index (Phi) is 5.47. The molecule has 0 saturated carbocycles. The number of rotatable bonds is 5. The summed E-state index contributed by atoms with van der Waals surface area (Å²) in [4.78, 5) is 5.08. The van der Waals surface area contributed by atoms with Gasteiger partial charge in [0, 0.05) is 21.4 Å². The summed E-state index contributed by atoms with van der Waals surface area (Å²) in [5.74, 6) is 0. The number of benzene rings is 2. The van der Waals surface area contributed by atoms with Gasteiger partial charge in [-0.2, -0.15) is 0 Å². The van der Waals surface area contributed by atoms with E-state index in [2.05, 4.69) is 61.2 Å². The van der Waals surface area contributed by atoms with Crippen LogP contribution in [-0.4, -0.2) is 24.5 Å². The molecule has 1 aliphatic heterocycles. The van der Waals surface area contributed by atoms with Gasteiger partial charge in [-0.3, -0.25) is 0 Å². The largest absolute Gasteiger partial charge is 0.304 e. The maximum Gasteiger partial charge on any atom is 0.0412 e. The van der Waals surface area contributed by atoms with Gasteiger partial charge in [-0.25, -0.2) is 0 Å². The zero-order valence-electron chi connectivity index (χ0n) is 13.7. The van der Waals surface area contributed by atoms with Crippen LogP contribution in [-0.2, 0) is 0 Å². The van der Waals surface area contributed by atoms with E-state index >= 15 is 0 Å². The normalized spacial score (nSPS) is 14.9. The molecule has 23 heavy (non-hydrogen) atoms. The molecule has 0 spiro atoms. The molecule has 2 aromatic rings. The van der Waals surface area contributed by atoms with Gasteiger partial charge in [0.05, 0.1) is 0 Å². The van der Waals surface area contributed by atoms with E-state index in [4.69, 9.17) is 11.6 Å². The van der Waals surface area contributed by atoms with Crippen LogP contribution in [0, 0.1) is 0 Å². The molecule has 1 heterocycles. The Labute approximate surface area is 148 Å². The molecule has 0 fully saturated rings. The van der Waals surface area contributed by atoms with Gasteiger partial charge in [-0.05, 0) is 60.5 Å². The Balaban J connectivity index is 1.96. The summed E-state index contributed by atoms with van der Waals surface area (Å²) < 4.78 is 0. The van der Waals surface area contributed by atoms with E-state index < -0.39 is 0 Å². The van der Waals surface area contributed by atoms with Crippen molar-refractivity contribution < 1.29 is 0 Å². The van der Waals surface area contributed by atoms with E-state index in [0.29, 0.717) is 0 Å². The van der Waals surface area contributed by atoms with Crippen molar-refractivity contribution in [3.05, 3.63) is 64.7 Å². The van der Waals surface area contributed by atoms with Crippen LogP contribution in [0.1, 0.15) is 31.4 Å². The molecule has 0 amide bonds. The third-order valence-electron chi connectivity index (χ3n) is 4.32. The van der Waals surface area contributed by atoms with Gasteiger partial charge in [0.25, 0.3) is 0 Å². The molecule has 1 nitrogen and oxygen atoms in total. The van der Waals surface area contributed by atoms with Crippen molar-refractivity contribution in [2.75, 3.05) is 19.6 Å². The van der Waals surface area contributed by atoms with Crippen molar-refractivity contribution >= 4 is 28.9 Å². The molecule has 3 rings (SSSR count). The molecule has 0 saturated heterocycles. The summed E-state index contributed by atoms with van der Waals surface area (Å²) in [7, 11) is 0. The zero-order valence-corrected chi connectivity index (χ0v) is 15.3. The minimum Gasteiger partial charge on any atom is -0.304 e. The monoisotopic (exact) mass is 343 g/mol. The van der Waals surface area contributed by atoms with Crippen LogP contribution < -0.4 is 0 Å². The standard InChI is InChI=1S/C20H22ClNS/c1-3-22(4-2)13-7-9-16-17-8-5-6-10-19(17)23-20-12-11-15(21)14-18(16)20/h5-6,8-12,14H,3-4,7,13H2,1-2H3/b16-9+. The first-order valence-corrected chi connectivity index (χ1v) is 9.42. The molecule has 0 atom stereocenters. The second-order valence-corrected chi connectivity index (χ2v) is 7.19.